The van der Waals surface area contributed by atoms with Gasteiger partial charge in [-0.3, -0.25) is 9.59 Å². The number of nitrogens with zero attached hydrogens (tertiary/aromatic N) is 1. The summed E-state index contributed by atoms with van der Waals surface area (Å²) in [4.78, 5) is 26.7. The highest BCUT2D eigenvalue weighted by Gasteiger charge is 2.35. The van der Waals surface area contributed by atoms with E-state index in [0.29, 0.717) is 6.54 Å². The summed E-state index contributed by atoms with van der Waals surface area (Å²) < 4.78 is 0.748. The van der Waals surface area contributed by atoms with Crippen LogP contribution in [0.1, 0.15) is 18.7 Å². The number of piperazine rings is 1. The Bertz CT molecular complexity index is 487. The van der Waals surface area contributed by atoms with Crippen LogP contribution in [0.4, 0.5) is 0 Å². The van der Waals surface area contributed by atoms with Crippen molar-refractivity contribution in [3.63, 3.8) is 0 Å². The van der Waals surface area contributed by atoms with Crippen molar-refractivity contribution < 1.29 is 9.59 Å². The molecule has 0 aromatic carbocycles. The molecule has 19 heavy (non-hydrogen) atoms. The quantitative estimate of drug-likeness (QED) is 0.923. The standard InChI is InChI=1S/C13H17ClN2O2S/c1-8(2)12-13(18)15-7-11(17)16(12)6-5-9-3-4-10(14)19-9/h3-4,8,12H,5-7H2,1-2H3,(H,15,18). The summed E-state index contributed by atoms with van der Waals surface area (Å²) in [5.74, 6) is 0.0379. The van der Waals surface area contributed by atoms with Crippen molar-refractivity contribution in [2.24, 2.45) is 5.92 Å². The number of halogens is 1. The average Bonchev–Trinajstić information content (AvgIpc) is 2.75. The Morgan fingerprint density at radius 3 is 2.79 bits per heavy atom. The first-order valence-corrected chi connectivity index (χ1v) is 7.50. The Morgan fingerprint density at radius 1 is 1.47 bits per heavy atom. The zero-order chi connectivity index (χ0) is 14.0. The van der Waals surface area contributed by atoms with Crippen molar-refractivity contribution >= 4 is 34.8 Å². The number of rotatable bonds is 4. The Balaban J connectivity index is 2.06. The van der Waals surface area contributed by atoms with E-state index in [0.717, 1.165) is 15.6 Å². The van der Waals surface area contributed by atoms with Crippen LogP contribution >= 0.6 is 22.9 Å². The van der Waals surface area contributed by atoms with Crippen LogP contribution in [0.3, 0.4) is 0 Å². The van der Waals surface area contributed by atoms with Gasteiger partial charge in [-0.05, 0) is 24.5 Å². The van der Waals surface area contributed by atoms with Crippen LogP contribution in [0.5, 0.6) is 0 Å². The molecule has 1 atom stereocenters. The molecule has 1 unspecified atom stereocenters. The molecule has 104 valence electrons. The first-order chi connectivity index (χ1) is 8.99. The van der Waals surface area contributed by atoms with Crippen LogP contribution in [-0.4, -0.2) is 35.8 Å². The van der Waals surface area contributed by atoms with E-state index in [-0.39, 0.29) is 30.3 Å². The summed E-state index contributed by atoms with van der Waals surface area (Å²) in [5.41, 5.74) is 0. The summed E-state index contributed by atoms with van der Waals surface area (Å²) in [5, 5.41) is 2.65. The maximum absolute atomic E-state index is 12.0. The minimum Gasteiger partial charge on any atom is -0.345 e. The molecule has 1 aromatic rings. The van der Waals surface area contributed by atoms with E-state index in [1.807, 2.05) is 26.0 Å². The molecule has 0 spiro atoms. The lowest BCUT2D eigenvalue weighted by Crippen LogP contribution is -2.60. The first kappa shape index (κ1) is 14.3. The third-order valence-corrected chi connectivity index (χ3v) is 4.49. The highest BCUT2D eigenvalue weighted by molar-refractivity contribution is 7.16. The average molecular weight is 301 g/mol. The molecule has 1 aliphatic heterocycles. The summed E-state index contributed by atoms with van der Waals surface area (Å²) in [7, 11) is 0. The lowest BCUT2D eigenvalue weighted by atomic mass is 9.99. The minimum absolute atomic E-state index is 0.0130. The fraction of sp³-hybridized carbons (Fsp3) is 0.538. The SMILES string of the molecule is CC(C)C1C(=O)NCC(=O)N1CCc1ccc(Cl)s1. The molecule has 2 rings (SSSR count). The van der Waals surface area contributed by atoms with Crippen molar-refractivity contribution in [1.82, 2.24) is 10.2 Å². The van der Waals surface area contributed by atoms with Gasteiger partial charge in [0.25, 0.3) is 0 Å². The van der Waals surface area contributed by atoms with Crippen molar-refractivity contribution in [2.75, 3.05) is 13.1 Å². The lowest BCUT2D eigenvalue weighted by Gasteiger charge is -2.37. The molecule has 0 radical (unpaired) electrons. The number of amides is 2. The monoisotopic (exact) mass is 300 g/mol. The second kappa shape index (κ2) is 5.92. The highest BCUT2D eigenvalue weighted by atomic mass is 35.5. The lowest BCUT2D eigenvalue weighted by molar-refractivity contribution is -0.147. The summed E-state index contributed by atoms with van der Waals surface area (Å²) in [6, 6.07) is 3.45. The number of carbonyl (C=O) groups excluding carboxylic acids is 2. The molecule has 1 saturated heterocycles. The van der Waals surface area contributed by atoms with Gasteiger partial charge in [0, 0.05) is 11.4 Å². The van der Waals surface area contributed by atoms with Gasteiger partial charge in [-0.25, -0.2) is 0 Å². The molecule has 6 heteroatoms. The predicted octanol–water partition coefficient (Wildman–Crippen LogP) is 1.93. The Kier molecular flexibility index (Phi) is 4.47. The van der Waals surface area contributed by atoms with Crippen molar-refractivity contribution in [2.45, 2.75) is 26.3 Å². The van der Waals surface area contributed by atoms with Crippen LogP contribution in [0, 0.1) is 5.92 Å². The number of hydrogen-bond acceptors (Lipinski definition) is 3. The van der Waals surface area contributed by atoms with Gasteiger partial charge in [0.05, 0.1) is 10.9 Å². The number of thiophene rings is 1. The van der Waals surface area contributed by atoms with Crippen LogP contribution in [0.25, 0.3) is 0 Å². The van der Waals surface area contributed by atoms with Gasteiger partial charge in [-0.2, -0.15) is 0 Å². The molecule has 1 aromatic heterocycles. The zero-order valence-electron chi connectivity index (χ0n) is 11.0. The van der Waals surface area contributed by atoms with Gasteiger partial charge in [0.2, 0.25) is 11.8 Å². The third-order valence-electron chi connectivity index (χ3n) is 3.20. The molecule has 4 nitrogen and oxygen atoms in total. The molecule has 0 aliphatic carbocycles. The van der Waals surface area contributed by atoms with Gasteiger partial charge in [0.1, 0.15) is 6.04 Å². The largest absolute Gasteiger partial charge is 0.345 e. The van der Waals surface area contributed by atoms with Crippen LogP contribution < -0.4 is 5.32 Å². The van der Waals surface area contributed by atoms with Crippen LogP contribution in [0.15, 0.2) is 12.1 Å². The van der Waals surface area contributed by atoms with Crippen LogP contribution in [0.2, 0.25) is 4.34 Å². The van der Waals surface area contributed by atoms with Gasteiger partial charge < -0.3 is 10.2 Å². The Morgan fingerprint density at radius 2 is 2.21 bits per heavy atom. The maximum atomic E-state index is 12.0. The molecule has 1 fully saturated rings. The van der Waals surface area contributed by atoms with E-state index in [2.05, 4.69) is 5.32 Å². The molecule has 0 saturated carbocycles. The normalized spacial score (nSPS) is 20.0. The molecule has 1 aliphatic rings. The molecular weight excluding hydrogens is 284 g/mol. The van der Waals surface area contributed by atoms with E-state index < -0.39 is 0 Å². The van der Waals surface area contributed by atoms with E-state index >= 15 is 0 Å². The van der Waals surface area contributed by atoms with Gasteiger partial charge in [-0.15, -0.1) is 11.3 Å². The van der Waals surface area contributed by atoms with Gasteiger partial charge >= 0.3 is 0 Å². The van der Waals surface area contributed by atoms with Crippen molar-refractivity contribution in [1.29, 1.82) is 0 Å². The summed E-state index contributed by atoms with van der Waals surface area (Å²) in [6.45, 7) is 4.58. The molecule has 1 N–H and O–H groups in total. The van der Waals surface area contributed by atoms with Crippen LogP contribution in [-0.2, 0) is 16.0 Å². The maximum Gasteiger partial charge on any atom is 0.243 e. The molecule has 2 amide bonds. The Hall–Kier alpha value is -1.07. The second-order valence-electron chi connectivity index (χ2n) is 4.95. The number of nitrogens with one attached hydrogen (secondary N) is 1. The number of hydrogen-bond donors (Lipinski definition) is 1. The molecular formula is C13H17ClN2O2S. The minimum atomic E-state index is -0.364. The van der Waals surface area contributed by atoms with Crippen molar-refractivity contribution in [3.05, 3.63) is 21.3 Å². The third kappa shape index (κ3) is 3.28. The zero-order valence-corrected chi connectivity index (χ0v) is 12.6. The summed E-state index contributed by atoms with van der Waals surface area (Å²) in [6.07, 6.45) is 0.736. The van der Waals surface area contributed by atoms with Crippen molar-refractivity contribution in [3.8, 4) is 0 Å². The molecule has 2 heterocycles. The predicted molar refractivity (Wildman–Crippen MR) is 76.4 cm³/mol. The molecule has 0 bridgehead atoms. The fourth-order valence-electron chi connectivity index (χ4n) is 2.31. The van der Waals surface area contributed by atoms with Gasteiger partial charge in [-0.1, -0.05) is 25.4 Å². The first-order valence-electron chi connectivity index (χ1n) is 6.30. The smallest absolute Gasteiger partial charge is 0.243 e. The Labute approximate surface area is 121 Å². The number of carbonyl (C=O) groups is 2. The topological polar surface area (TPSA) is 49.4 Å². The summed E-state index contributed by atoms with van der Waals surface area (Å²) >= 11 is 7.40. The van der Waals surface area contributed by atoms with E-state index in [1.165, 1.54) is 11.3 Å². The van der Waals surface area contributed by atoms with Gasteiger partial charge in [0.15, 0.2) is 0 Å². The second-order valence-corrected chi connectivity index (χ2v) is 6.75. The van der Waals surface area contributed by atoms with E-state index in [1.54, 1.807) is 4.90 Å². The highest BCUT2D eigenvalue weighted by Crippen LogP contribution is 2.23. The van der Waals surface area contributed by atoms with E-state index in [9.17, 15) is 9.59 Å². The fourth-order valence-corrected chi connectivity index (χ4v) is 3.38. The van der Waals surface area contributed by atoms with E-state index in [4.69, 9.17) is 11.6 Å².